The first-order valence-electron chi connectivity index (χ1n) is 20.6. The van der Waals surface area contributed by atoms with E-state index in [0.717, 1.165) is 94.7 Å². The second-order valence-corrected chi connectivity index (χ2v) is 14.0. The number of rotatable bonds is 11. The van der Waals surface area contributed by atoms with Crippen molar-refractivity contribution in [1.82, 2.24) is 29.9 Å². The van der Waals surface area contributed by atoms with Gasteiger partial charge < -0.3 is 9.64 Å². The molecule has 1 aliphatic heterocycles. The summed E-state index contributed by atoms with van der Waals surface area (Å²) in [4.78, 5) is 28.1. The standard InChI is InChI=1S/C32H34N4O.2C10H8N2.Ru/c1-5-8-9-24-14-16-34-30(19-24)31-20-25(15-17-35-31)26(22-33)10-12-28-18-23(4)29-13-11-27(21-32(29)37-28)36(6-2)7-3;2*1-3-7-11-9(5-1)10-6-2-4-8-12-10;/h10-21H,5-9H2,1-4H3;2*1-8H;/b26-10+,28-12-;;;. The number of hydrogen-bond donors (Lipinski definition) is 0. The van der Waals surface area contributed by atoms with Crippen LogP contribution >= 0.6 is 0 Å². The van der Waals surface area contributed by atoms with E-state index < -0.39 is 0 Å². The normalized spacial score (nSPS) is 12.1. The predicted molar refractivity (Wildman–Crippen MR) is 247 cm³/mol. The molecule has 0 N–H and O–H groups in total. The van der Waals surface area contributed by atoms with E-state index in [-0.39, 0.29) is 19.5 Å². The van der Waals surface area contributed by atoms with Gasteiger partial charge in [-0.05, 0) is 153 Å². The zero-order chi connectivity index (χ0) is 42.7. The van der Waals surface area contributed by atoms with Gasteiger partial charge in [0.1, 0.15) is 11.5 Å². The molecular weight excluding hydrogens is 854 g/mol. The van der Waals surface area contributed by atoms with Gasteiger partial charge in [-0.25, -0.2) is 0 Å². The molecule has 0 saturated carbocycles. The van der Waals surface area contributed by atoms with Crippen LogP contribution in [0.3, 0.4) is 0 Å². The van der Waals surface area contributed by atoms with Crippen LogP contribution < -0.4 is 9.64 Å². The molecule has 6 aromatic heterocycles. The van der Waals surface area contributed by atoms with Gasteiger partial charge in [0, 0.05) is 87.1 Å². The monoisotopic (exact) mass is 904 g/mol. The largest absolute Gasteiger partial charge is 0.457 e. The molecule has 0 saturated heterocycles. The Labute approximate surface area is 378 Å². The molecule has 0 radical (unpaired) electrons. The van der Waals surface area contributed by atoms with Gasteiger partial charge in [-0.2, -0.15) is 5.26 Å². The quantitative estimate of drug-likeness (QED) is 0.0924. The minimum absolute atomic E-state index is 0. The first-order chi connectivity index (χ1) is 30.0. The smallest absolute Gasteiger partial charge is 0.136 e. The summed E-state index contributed by atoms with van der Waals surface area (Å²) < 4.78 is 6.23. The average molecular weight is 904 g/mol. The van der Waals surface area contributed by atoms with Crippen molar-refractivity contribution in [3.8, 4) is 46.0 Å². The van der Waals surface area contributed by atoms with Crippen molar-refractivity contribution in [3.05, 3.63) is 193 Å². The fourth-order valence-electron chi connectivity index (χ4n) is 6.55. The zero-order valence-electron chi connectivity index (χ0n) is 35.5. The first kappa shape index (κ1) is 46.1. The number of fused-ring (bicyclic) bond motifs is 1. The van der Waals surface area contributed by atoms with Crippen LogP contribution in [0.1, 0.15) is 57.2 Å². The fraction of sp³-hybridized carbons (Fsp3) is 0.173. The van der Waals surface area contributed by atoms with Crippen molar-refractivity contribution < 1.29 is 24.2 Å². The number of ether oxygens (including phenoxy) is 1. The molecule has 0 atom stereocenters. The van der Waals surface area contributed by atoms with Crippen molar-refractivity contribution in [2.45, 2.75) is 47.0 Å². The zero-order valence-corrected chi connectivity index (χ0v) is 37.3. The van der Waals surface area contributed by atoms with Crippen LogP contribution in [0.25, 0.3) is 45.3 Å². The van der Waals surface area contributed by atoms with Crippen molar-refractivity contribution in [2.75, 3.05) is 18.0 Å². The molecule has 8 rings (SSSR count). The fourth-order valence-corrected chi connectivity index (χ4v) is 6.55. The summed E-state index contributed by atoms with van der Waals surface area (Å²) in [6.07, 6.45) is 19.6. The number of unbranched alkanes of at least 4 members (excludes halogenated alkanes) is 1. The Kier molecular flexibility index (Phi) is 18.1. The van der Waals surface area contributed by atoms with Crippen LogP contribution in [-0.4, -0.2) is 43.0 Å². The molecule has 0 unspecified atom stereocenters. The maximum absolute atomic E-state index is 9.93. The van der Waals surface area contributed by atoms with Crippen LogP contribution in [0.5, 0.6) is 5.75 Å². The Hall–Kier alpha value is -6.95. The van der Waals surface area contributed by atoms with Gasteiger partial charge in [0.15, 0.2) is 0 Å². The molecule has 10 heteroatoms. The summed E-state index contributed by atoms with van der Waals surface area (Å²) in [6, 6.07) is 39.8. The molecule has 312 valence electrons. The van der Waals surface area contributed by atoms with E-state index in [2.05, 4.69) is 98.9 Å². The summed E-state index contributed by atoms with van der Waals surface area (Å²) >= 11 is 0. The number of allylic oxidation sites excluding steroid dienone is 5. The minimum Gasteiger partial charge on any atom is -0.457 e. The molecule has 7 heterocycles. The molecule has 0 amide bonds. The molecule has 0 fully saturated rings. The maximum Gasteiger partial charge on any atom is 0.136 e. The molecule has 7 aromatic rings. The molecule has 9 nitrogen and oxygen atoms in total. The third-order valence-electron chi connectivity index (χ3n) is 9.80. The molecule has 0 aliphatic carbocycles. The summed E-state index contributed by atoms with van der Waals surface area (Å²) in [6.45, 7) is 10.4. The molecule has 0 spiro atoms. The number of nitrogens with zero attached hydrogens (tertiary/aromatic N) is 8. The first-order valence-corrected chi connectivity index (χ1v) is 20.6. The van der Waals surface area contributed by atoms with E-state index in [0.29, 0.717) is 11.3 Å². The van der Waals surface area contributed by atoms with Crippen molar-refractivity contribution in [2.24, 2.45) is 0 Å². The van der Waals surface area contributed by atoms with E-state index >= 15 is 0 Å². The van der Waals surface area contributed by atoms with Crippen molar-refractivity contribution >= 4 is 16.8 Å². The van der Waals surface area contributed by atoms with Gasteiger partial charge in [0.2, 0.25) is 0 Å². The Morgan fingerprint density at radius 2 is 1.16 bits per heavy atom. The van der Waals surface area contributed by atoms with Gasteiger partial charge in [0.25, 0.3) is 0 Å². The third kappa shape index (κ3) is 13.0. The number of aromatic nitrogens is 6. The van der Waals surface area contributed by atoms with Crippen LogP contribution in [0.2, 0.25) is 0 Å². The number of aryl methyl sites for hydroxylation is 1. The summed E-state index contributed by atoms with van der Waals surface area (Å²) in [5.74, 6) is 1.54. The average Bonchev–Trinajstić information content (AvgIpc) is 3.33. The Bertz CT molecular complexity index is 2440. The van der Waals surface area contributed by atoms with Gasteiger partial charge in [-0.3, -0.25) is 29.9 Å². The van der Waals surface area contributed by atoms with Gasteiger partial charge >= 0.3 is 0 Å². The number of nitriles is 1. The molecule has 1 aliphatic rings. The Morgan fingerprint density at radius 1 is 0.629 bits per heavy atom. The number of pyridine rings is 6. The van der Waals surface area contributed by atoms with E-state index in [1.54, 1.807) is 31.0 Å². The minimum atomic E-state index is 0. The summed E-state index contributed by atoms with van der Waals surface area (Å²) in [5, 5.41) is 9.93. The predicted octanol–water partition coefficient (Wildman–Crippen LogP) is 11.9. The van der Waals surface area contributed by atoms with E-state index in [1.165, 1.54) is 5.56 Å². The SMILES string of the molecule is CCCCc1ccnc(-c2cc(/C(C#N)=C/C=C3/C=C(C)c4ccc(N(CC)CC)cc4O3)ccn2)c1.[Ru].c1ccc(-c2ccccn2)nc1.c1ccc(-c2ccccn2)nc1. The van der Waals surface area contributed by atoms with Crippen LogP contribution in [0.4, 0.5) is 5.69 Å². The number of anilines is 1. The van der Waals surface area contributed by atoms with Crippen molar-refractivity contribution in [1.29, 1.82) is 5.26 Å². The van der Waals surface area contributed by atoms with Gasteiger partial charge in [-0.15, -0.1) is 0 Å². The van der Waals surface area contributed by atoms with Gasteiger partial charge in [-0.1, -0.05) is 37.6 Å². The van der Waals surface area contributed by atoms with Crippen LogP contribution in [-0.2, 0) is 25.9 Å². The van der Waals surface area contributed by atoms with E-state index in [9.17, 15) is 5.26 Å². The molecular formula is C52H50N8ORu. The Balaban J connectivity index is 0.000000233. The number of hydrogen-bond acceptors (Lipinski definition) is 9. The van der Waals surface area contributed by atoms with Crippen molar-refractivity contribution in [3.63, 3.8) is 0 Å². The van der Waals surface area contributed by atoms with E-state index in [1.807, 2.05) is 109 Å². The second kappa shape index (κ2) is 24.3. The number of benzene rings is 1. The summed E-state index contributed by atoms with van der Waals surface area (Å²) in [7, 11) is 0. The summed E-state index contributed by atoms with van der Waals surface area (Å²) in [5.41, 5.74) is 11.2. The third-order valence-corrected chi connectivity index (χ3v) is 9.80. The molecule has 0 bridgehead atoms. The molecule has 62 heavy (non-hydrogen) atoms. The van der Waals surface area contributed by atoms with Gasteiger partial charge in [0.05, 0.1) is 45.8 Å². The Morgan fingerprint density at radius 3 is 1.66 bits per heavy atom. The molecule has 1 aromatic carbocycles. The van der Waals surface area contributed by atoms with Crippen LogP contribution in [0, 0.1) is 11.3 Å². The second-order valence-electron chi connectivity index (χ2n) is 14.0. The topological polar surface area (TPSA) is 114 Å². The van der Waals surface area contributed by atoms with E-state index in [4.69, 9.17) is 4.74 Å². The van der Waals surface area contributed by atoms with Crippen LogP contribution in [0.15, 0.2) is 176 Å². The maximum atomic E-state index is 9.93.